The van der Waals surface area contributed by atoms with Crippen molar-refractivity contribution in [1.82, 2.24) is 10.5 Å². The lowest BCUT2D eigenvalue weighted by Gasteiger charge is -2.16. The van der Waals surface area contributed by atoms with E-state index in [0.29, 0.717) is 40.7 Å². The zero-order valence-electron chi connectivity index (χ0n) is 25.2. The van der Waals surface area contributed by atoms with Crippen LogP contribution in [0.5, 0.6) is 5.75 Å². The van der Waals surface area contributed by atoms with E-state index in [1.807, 2.05) is 67.6 Å². The summed E-state index contributed by atoms with van der Waals surface area (Å²) in [5.74, 6) is 0.482. The van der Waals surface area contributed by atoms with Gasteiger partial charge in [-0.1, -0.05) is 65.8 Å². The minimum Gasteiger partial charge on any atom is -0.494 e. The smallest absolute Gasteiger partial charge is 0.272 e. The lowest BCUT2D eigenvalue weighted by molar-refractivity contribution is -0.116. The molecule has 3 amide bonds. The fraction of sp³-hybridized carbons (Fsp3) is 0.111. The second-order valence-corrected chi connectivity index (χ2v) is 11.3. The first-order chi connectivity index (χ1) is 22.4. The molecule has 1 aromatic heterocycles. The van der Waals surface area contributed by atoms with Crippen molar-refractivity contribution in [3.63, 3.8) is 0 Å². The molecule has 1 atom stereocenters. The van der Waals surface area contributed by atoms with E-state index in [1.165, 1.54) is 11.8 Å². The molecule has 5 rings (SSSR count). The van der Waals surface area contributed by atoms with Crippen molar-refractivity contribution in [1.29, 1.82) is 0 Å². The van der Waals surface area contributed by atoms with Gasteiger partial charge in [0.25, 0.3) is 11.8 Å². The highest BCUT2D eigenvalue weighted by molar-refractivity contribution is 8.00. The third-order valence-electron chi connectivity index (χ3n) is 6.62. The number of carbonyl (C=O) groups is 3. The molecule has 10 heteroatoms. The van der Waals surface area contributed by atoms with Gasteiger partial charge in [-0.25, -0.2) is 0 Å². The Hall–Kier alpha value is -5.61. The number of aryl methyl sites for hydroxylation is 1. The van der Waals surface area contributed by atoms with Crippen molar-refractivity contribution in [2.24, 2.45) is 0 Å². The zero-order valence-corrected chi connectivity index (χ0v) is 26.0. The van der Waals surface area contributed by atoms with E-state index in [0.717, 1.165) is 10.5 Å². The average molecular weight is 633 g/mol. The first-order valence-corrected chi connectivity index (χ1v) is 15.4. The molecule has 0 spiro atoms. The van der Waals surface area contributed by atoms with E-state index in [4.69, 9.17) is 9.26 Å². The van der Waals surface area contributed by atoms with Gasteiger partial charge in [0.15, 0.2) is 5.82 Å². The summed E-state index contributed by atoms with van der Waals surface area (Å²) < 4.78 is 10.6. The molecule has 232 valence electrons. The minimum absolute atomic E-state index is 0.0698. The van der Waals surface area contributed by atoms with E-state index in [9.17, 15) is 14.4 Å². The van der Waals surface area contributed by atoms with E-state index < -0.39 is 17.1 Å². The number of rotatable bonds is 12. The summed E-state index contributed by atoms with van der Waals surface area (Å²) in [7, 11) is 0. The Labute approximate surface area is 271 Å². The third kappa shape index (κ3) is 8.73. The summed E-state index contributed by atoms with van der Waals surface area (Å²) in [5, 5.41) is 11.7. The molecule has 0 aliphatic heterocycles. The summed E-state index contributed by atoms with van der Waals surface area (Å²) in [6.45, 7) is 4.19. The molecular formula is C36H32N4O5S. The molecule has 0 saturated carbocycles. The number of nitrogens with zero attached hydrogens (tertiary/aromatic N) is 1. The van der Waals surface area contributed by atoms with Gasteiger partial charge in [0.1, 0.15) is 22.5 Å². The highest BCUT2D eigenvalue weighted by atomic mass is 32.2. The number of nitrogens with one attached hydrogen (secondary N) is 3. The van der Waals surface area contributed by atoms with Crippen molar-refractivity contribution < 1.29 is 23.6 Å². The first kappa shape index (κ1) is 31.8. The normalized spacial score (nSPS) is 11.7. The van der Waals surface area contributed by atoms with Crippen LogP contribution in [-0.2, 0) is 9.59 Å². The van der Waals surface area contributed by atoms with Crippen LogP contribution in [0.1, 0.15) is 39.4 Å². The number of carbonyl (C=O) groups excluding carboxylic acids is 3. The topological polar surface area (TPSA) is 123 Å². The van der Waals surface area contributed by atoms with Crippen molar-refractivity contribution >= 4 is 47.1 Å². The lowest BCUT2D eigenvalue weighted by Crippen LogP contribution is -2.30. The van der Waals surface area contributed by atoms with Crippen LogP contribution in [-0.4, -0.2) is 29.5 Å². The van der Waals surface area contributed by atoms with Crippen LogP contribution in [0.4, 0.5) is 11.5 Å². The second kappa shape index (κ2) is 15.4. The minimum atomic E-state index is -0.574. The number of anilines is 2. The Morgan fingerprint density at radius 3 is 2.17 bits per heavy atom. The lowest BCUT2D eigenvalue weighted by atomic mass is 10.1. The Balaban J connectivity index is 1.32. The summed E-state index contributed by atoms with van der Waals surface area (Å²) in [6, 6.07) is 34.1. The molecule has 0 aliphatic rings. The van der Waals surface area contributed by atoms with Crippen molar-refractivity contribution in [2.45, 2.75) is 24.0 Å². The zero-order chi connectivity index (χ0) is 32.3. The molecule has 3 N–H and O–H groups in total. The molecule has 5 aromatic rings. The second-order valence-electron chi connectivity index (χ2n) is 10.1. The van der Waals surface area contributed by atoms with E-state index in [-0.39, 0.29) is 11.6 Å². The molecular weight excluding hydrogens is 600 g/mol. The van der Waals surface area contributed by atoms with Gasteiger partial charge in [-0.05, 0) is 79.6 Å². The van der Waals surface area contributed by atoms with Crippen LogP contribution >= 0.6 is 11.8 Å². The number of hydrogen-bond donors (Lipinski definition) is 3. The molecule has 0 fully saturated rings. The monoisotopic (exact) mass is 632 g/mol. The molecule has 4 aromatic carbocycles. The van der Waals surface area contributed by atoms with Crippen molar-refractivity contribution in [3.05, 3.63) is 143 Å². The summed E-state index contributed by atoms with van der Waals surface area (Å²) in [4.78, 5) is 40.5. The SMILES string of the molecule is CCOc1ccc(/C=C(\NC(=O)c2ccccc2)C(=O)Nc2ccc(SC(C(=O)Nc3cc(C)on3)c3ccccc3)cc2)cc1. The van der Waals surface area contributed by atoms with Crippen LogP contribution in [0.3, 0.4) is 0 Å². The number of hydrogen-bond acceptors (Lipinski definition) is 7. The number of aromatic nitrogens is 1. The maximum atomic E-state index is 13.5. The Kier molecular flexibility index (Phi) is 10.6. The Morgan fingerprint density at radius 1 is 0.870 bits per heavy atom. The van der Waals surface area contributed by atoms with E-state index >= 15 is 0 Å². The quantitative estimate of drug-likeness (QED) is 0.0977. The van der Waals surface area contributed by atoms with Crippen molar-refractivity contribution in [2.75, 3.05) is 17.2 Å². The van der Waals surface area contributed by atoms with E-state index in [1.54, 1.807) is 67.6 Å². The molecule has 0 radical (unpaired) electrons. The Bertz CT molecular complexity index is 1810. The molecule has 0 bridgehead atoms. The number of thioether (sulfide) groups is 1. The van der Waals surface area contributed by atoms with Crippen molar-refractivity contribution in [3.8, 4) is 5.75 Å². The van der Waals surface area contributed by atoms with Crippen LogP contribution in [0.25, 0.3) is 6.08 Å². The Morgan fingerprint density at radius 2 is 1.54 bits per heavy atom. The highest BCUT2D eigenvalue weighted by Gasteiger charge is 2.23. The highest BCUT2D eigenvalue weighted by Crippen LogP contribution is 2.36. The predicted molar refractivity (Wildman–Crippen MR) is 179 cm³/mol. The standard InChI is InChI=1S/C36H32N4O5S/c1-3-44-29-18-14-25(15-19-29)23-31(38-34(41)27-12-8-5-9-13-27)35(42)37-28-16-20-30(21-17-28)46-33(26-10-6-4-7-11-26)36(43)39-32-22-24(2)45-40-32/h4-23,33H,3H2,1-2H3,(H,37,42)(H,38,41)(H,39,40,43)/b31-23-. The summed E-state index contributed by atoms with van der Waals surface area (Å²) in [5.41, 5.74) is 2.53. The fourth-order valence-electron chi connectivity index (χ4n) is 4.41. The van der Waals surface area contributed by atoms with Crippen LogP contribution in [0.2, 0.25) is 0 Å². The molecule has 9 nitrogen and oxygen atoms in total. The van der Waals surface area contributed by atoms with Crippen LogP contribution in [0.15, 0.2) is 130 Å². The fourth-order valence-corrected chi connectivity index (χ4v) is 5.43. The van der Waals surface area contributed by atoms with Gasteiger partial charge < -0.3 is 25.2 Å². The number of amides is 3. The van der Waals surface area contributed by atoms with Gasteiger partial charge >= 0.3 is 0 Å². The van der Waals surface area contributed by atoms with Gasteiger partial charge in [0.05, 0.1) is 6.61 Å². The van der Waals surface area contributed by atoms with Gasteiger partial charge in [0, 0.05) is 22.2 Å². The maximum Gasteiger partial charge on any atom is 0.272 e. The van der Waals surface area contributed by atoms with Gasteiger partial charge in [0.2, 0.25) is 5.91 Å². The van der Waals surface area contributed by atoms with Crippen LogP contribution < -0.4 is 20.7 Å². The number of benzene rings is 4. The average Bonchev–Trinajstić information content (AvgIpc) is 3.49. The molecule has 0 saturated heterocycles. The van der Waals surface area contributed by atoms with Gasteiger partial charge in [-0.15, -0.1) is 11.8 Å². The van der Waals surface area contributed by atoms with Gasteiger partial charge in [-0.2, -0.15) is 0 Å². The summed E-state index contributed by atoms with van der Waals surface area (Å²) >= 11 is 1.36. The molecule has 1 heterocycles. The number of ether oxygens (including phenoxy) is 1. The van der Waals surface area contributed by atoms with E-state index in [2.05, 4.69) is 21.1 Å². The molecule has 1 unspecified atom stereocenters. The maximum absolute atomic E-state index is 13.5. The first-order valence-electron chi connectivity index (χ1n) is 14.6. The third-order valence-corrected chi connectivity index (χ3v) is 7.88. The van der Waals surface area contributed by atoms with Gasteiger partial charge in [-0.3, -0.25) is 14.4 Å². The largest absolute Gasteiger partial charge is 0.494 e. The summed E-state index contributed by atoms with van der Waals surface area (Å²) in [6.07, 6.45) is 1.61. The molecule has 46 heavy (non-hydrogen) atoms. The predicted octanol–water partition coefficient (Wildman–Crippen LogP) is 7.26. The molecule has 0 aliphatic carbocycles. The van der Waals surface area contributed by atoms with Crippen LogP contribution in [0, 0.1) is 6.92 Å².